The summed E-state index contributed by atoms with van der Waals surface area (Å²) in [6.07, 6.45) is 8.90. The molecule has 1 saturated heterocycles. The second kappa shape index (κ2) is 6.38. The second-order valence-corrected chi connectivity index (χ2v) is 8.04. The van der Waals surface area contributed by atoms with Gasteiger partial charge in [0.25, 0.3) is 10.2 Å². The van der Waals surface area contributed by atoms with Crippen LogP contribution in [0, 0.1) is 0 Å². The highest BCUT2D eigenvalue weighted by molar-refractivity contribution is 7.86. The minimum atomic E-state index is -3.37. The van der Waals surface area contributed by atoms with Crippen LogP contribution in [0.4, 0.5) is 0 Å². The van der Waals surface area contributed by atoms with Gasteiger partial charge in [0, 0.05) is 63.1 Å². The Morgan fingerprint density at radius 2 is 2.13 bits per heavy atom. The second-order valence-electron chi connectivity index (χ2n) is 5.90. The van der Waals surface area contributed by atoms with Crippen LogP contribution in [0.3, 0.4) is 0 Å². The van der Waals surface area contributed by atoms with Crippen LogP contribution in [-0.4, -0.2) is 58.7 Å². The molecule has 0 saturated carbocycles. The molecule has 1 fully saturated rings. The third-order valence-corrected chi connectivity index (χ3v) is 6.06. The third kappa shape index (κ3) is 3.29. The van der Waals surface area contributed by atoms with Gasteiger partial charge in [0.1, 0.15) is 0 Å². The van der Waals surface area contributed by atoms with Crippen molar-refractivity contribution in [2.24, 2.45) is 0 Å². The zero-order valence-electron chi connectivity index (χ0n) is 13.3. The summed E-state index contributed by atoms with van der Waals surface area (Å²) in [5.41, 5.74) is 1.91. The first-order valence-electron chi connectivity index (χ1n) is 7.60. The molecule has 1 aliphatic heterocycles. The highest BCUT2D eigenvalue weighted by Gasteiger charge is 2.31. The largest absolute Gasteiger partial charge is 0.306 e. The maximum Gasteiger partial charge on any atom is 0.281 e. The van der Waals surface area contributed by atoms with Crippen LogP contribution < -0.4 is 0 Å². The van der Waals surface area contributed by atoms with Gasteiger partial charge in [-0.3, -0.25) is 4.98 Å². The zero-order valence-corrected chi connectivity index (χ0v) is 14.1. The molecule has 0 N–H and O–H groups in total. The smallest absolute Gasteiger partial charge is 0.281 e. The molecule has 2 aromatic rings. The molecule has 2 aromatic heterocycles. The Balaban J connectivity index is 1.83. The summed E-state index contributed by atoms with van der Waals surface area (Å²) in [5.74, 6) is 0.113. The van der Waals surface area contributed by atoms with Crippen molar-refractivity contribution < 1.29 is 8.42 Å². The van der Waals surface area contributed by atoms with Gasteiger partial charge < -0.3 is 4.57 Å². The number of nitrogens with zero attached hydrogens (tertiary/aromatic N) is 5. The quantitative estimate of drug-likeness (QED) is 0.843. The summed E-state index contributed by atoms with van der Waals surface area (Å²) in [7, 11) is -0.238. The van der Waals surface area contributed by atoms with Gasteiger partial charge >= 0.3 is 0 Å². The molecule has 8 heteroatoms. The van der Waals surface area contributed by atoms with E-state index < -0.39 is 10.2 Å². The average molecular weight is 335 g/mol. The molecule has 23 heavy (non-hydrogen) atoms. The lowest BCUT2D eigenvalue weighted by Gasteiger charge is -2.33. The van der Waals surface area contributed by atoms with Crippen LogP contribution in [0.2, 0.25) is 0 Å². The maximum atomic E-state index is 12.3. The molecule has 1 unspecified atom stereocenters. The number of imidazole rings is 1. The van der Waals surface area contributed by atoms with E-state index in [4.69, 9.17) is 0 Å². The normalized spacial score (nSPS) is 20.0. The van der Waals surface area contributed by atoms with Gasteiger partial charge in [0.15, 0.2) is 0 Å². The summed E-state index contributed by atoms with van der Waals surface area (Å²) in [6.45, 7) is 1.04. The van der Waals surface area contributed by atoms with Gasteiger partial charge in [-0.2, -0.15) is 17.0 Å². The highest BCUT2D eigenvalue weighted by Crippen LogP contribution is 2.28. The number of hydrogen-bond donors (Lipinski definition) is 0. The molecule has 3 rings (SSSR count). The fourth-order valence-electron chi connectivity index (χ4n) is 2.86. The minimum absolute atomic E-state index is 0.113. The van der Waals surface area contributed by atoms with Crippen molar-refractivity contribution in [2.75, 3.05) is 27.2 Å². The standard InChI is InChI=1S/C15H21N5O2S/c1-18(2)23(21,22)20-8-3-4-13(11-20)15-10-14(5-6-17-15)19-9-7-16-12-19/h5-7,9-10,12-13H,3-4,8,11H2,1-2H3. The monoisotopic (exact) mass is 335 g/mol. The first-order valence-corrected chi connectivity index (χ1v) is 9.00. The van der Waals surface area contributed by atoms with Gasteiger partial charge in [0.05, 0.1) is 6.33 Å². The molecule has 0 radical (unpaired) electrons. The van der Waals surface area contributed by atoms with Crippen LogP contribution in [-0.2, 0) is 10.2 Å². The Bertz CT molecular complexity index is 758. The Labute approximate surface area is 136 Å². The van der Waals surface area contributed by atoms with Crippen LogP contribution in [0.15, 0.2) is 37.1 Å². The van der Waals surface area contributed by atoms with E-state index in [1.807, 2.05) is 22.9 Å². The fourth-order valence-corrected chi connectivity index (χ4v) is 4.05. The zero-order chi connectivity index (χ0) is 16.4. The predicted molar refractivity (Wildman–Crippen MR) is 87.5 cm³/mol. The molecule has 3 heterocycles. The Morgan fingerprint density at radius 1 is 1.30 bits per heavy atom. The van der Waals surface area contributed by atoms with Crippen molar-refractivity contribution in [1.29, 1.82) is 0 Å². The van der Waals surface area contributed by atoms with Crippen molar-refractivity contribution in [2.45, 2.75) is 18.8 Å². The minimum Gasteiger partial charge on any atom is -0.306 e. The lowest BCUT2D eigenvalue weighted by Crippen LogP contribution is -2.45. The average Bonchev–Trinajstić information content (AvgIpc) is 3.09. The van der Waals surface area contributed by atoms with E-state index in [1.165, 1.54) is 4.31 Å². The van der Waals surface area contributed by atoms with Crippen LogP contribution in [0.5, 0.6) is 0 Å². The molecule has 124 valence electrons. The first kappa shape index (κ1) is 16.1. The molecular weight excluding hydrogens is 314 g/mol. The number of hydrogen-bond acceptors (Lipinski definition) is 4. The molecular formula is C15H21N5O2S. The Kier molecular flexibility index (Phi) is 4.47. The Hall–Kier alpha value is -1.77. The molecule has 0 aromatic carbocycles. The maximum absolute atomic E-state index is 12.3. The van der Waals surface area contributed by atoms with E-state index in [2.05, 4.69) is 9.97 Å². The summed E-state index contributed by atoms with van der Waals surface area (Å²) in [4.78, 5) is 8.52. The van der Waals surface area contributed by atoms with Crippen molar-refractivity contribution in [3.8, 4) is 5.69 Å². The van der Waals surface area contributed by atoms with Crippen LogP contribution in [0.25, 0.3) is 5.69 Å². The van der Waals surface area contributed by atoms with Gasteiger partial charge in [-0.15, -0.1) is 0 Å². The molecule has 1 aliphatic rings. The molecule has 0 bridgehead atoms. The van der Waals surface area contributed by atoms with Crippen molar-refractivity contribution in [3.05, 3.63) is 42.7 Å². The summed E-state index contributed by atoms with van der Waals surface area (Å²) in [5, 5.41) is 0. The summed E-state index contributed by atoms with van der Waals surface area (Å²) in [6, 6.07) is 3.93. The van der Waals surface area contributed by atoms with E-state index in [9.17, 15) is 8.42 Å². The van der Waals surface area contributed by atoms with Crippen LogP contribution >= 0.6 is 0 Å². The molecule has 0 aliphatic carbocycles. The topological polar surface area (TPSA) is 71.3 Å². The lowest BCUT2D eigenvalue weighted by atomic mass is 9.95. The predicted octanol–water partition coefficient (Wildman–Crippen LogP) is 1.25. The van der Waals surface area contributed by atoms with E-state index in [0.29, 0.717) is 13.1 Å². The van der Waals surface area contributed by atoms with E-state index >= 15 is 0 Å². The molecule has 7 nitrogen and oxygen atoms in total. The molecule has 1 atom stereocenters. The van der Waals surface area contributed by atoms with Gasteiger partial charge in [-0.1, -0.05) is 0 Å². The summed E-state index contributed by atoms with van der Waals surface area (Å²) < 4.78 is 29.4. The van der Waals surface area contributed by atoms with Crippen molar-refractivity contribution in [1.82, 2.24) is 23.1 Å². The van der Waals surface area contributed by atoms with E-state index in [-0.39, 0.29) is 5.92 Å². The van der Waals surface area contributed by atoms with E-state index in [1.54, 1.807) is 37.1 Å². The van der Waals surface area contributed by atoms with Gasteiger partial charge in [-0.05, 0) is 25.0 Å². The number of aromatic nitrogens is 3. The number of piperidine rings is 1. The van der Waals surface area contributed by atoms with Crippen LogP contribution in [0.1, 0.15) is 24.5 Å². The summed E-state index contributed by atoms with van der Waals surface area (Å²) >= 11 is 0. The van der Waals surface area contributed by atoms with Crippen molar-refractivity contribution in [3.63, 3.8) is 0 Å². The lowest BCUT2D eigenvalue weighted by molar-refractivity contribution is 0.296. The Morgan fingerprint density at radius 3 is 2.83 bits per heavy atom. The van der Waals surface area contributed by atoms with Gasteiger partial charge in [0.2, 0.25) is 0 Å². The highest BCUT2D eigenvalue weighted by atomic mass is 32.2. The molecule has 0 amide bonds. The third-order valence-electron chi connectivity index (χ3n) is 4.16. The van der Waals surface area contributed by atoms with Gasteiger partial charge in [-0.25, -0.2) is 4.98 Å². The number of pyridine rings is 1. The van der Waals surface area contributed by atoms with E-state index in [0.717, 1.165) is 24.2 Å². The first-order chi connectivity index (χ1) is 11.0. The molecule has 0 spiro atoms. The SMILES string of the molecule is CN(C)S(=O)(=O)N1CCCC(c2cc(-n3ccnc3)ccn2)C1. The fraction of sp³-hybridized carbons (Fsp3) is 0.467. The number of rotatable bonds is 4. The van der Waals surface area contributed by atoms with Crippen molar-refractivity contribution >= 4 is 10.2 Å².